The molecule has 2 aromatic heterocycles. The molecule has 7 rings (SSSR count). The zero-order chi connectivity index (χ0) is 34.3. The number of ether oxygens (including phenoxy) is 3. The van der Waals surface area contributed by atoms with Crippen molar-refractivity contribution >= 4 is 33.5 Å². The van der Waals surface area contributed by atoms with Crippen LogP contribution in [-0.2, 0) is 28.2 Å². The number of benzene rings is 4. The van der Waals surface area contributed by atoms with Gasteiger partial charge in [-0.2, -0.15) is 0 Å². The average molecular weight is 666 g/mol. The number of para-hydroxylation sites is 2. The van der Waals surface area contributed by atoms with Crippen molar-refractivity contribution in [3.8, 4) is 11.5 Å². The Morgan fingerprint density at radius 1 is 0.700 bits per heavy atom. The first-order chi connectivity index (χ1) is 24.5. The van der Waals surface area contributed by atoms with Gasteiger partial charge in [-0.25, -0.2) is 14.8 Å². The van der Waals surface area contributed by atoms with Gasteiger partial charge in [0.1, 0.15) is 24.7 Å². The second-order valence-electron chi connectivity index (χ2n) is 12.7. The molecule has 1 aliphatic rings. The topological polar surface area (TPSA) is 103 Å². The van der Waals surface area contributed by atoms with Crippen molar-refractivity contribution in [3.05, 3.63) is 144 Å². The summed E-state index contributed by atoms with van der Waals surface area (Å²) in [5.74, 6) is 0.768. The predicted molar refractivity (Wildman–Crippen MR) is 194 cm³/mol. The summed E-state index contributed by atoms with van der Waals surface area (Å²) < 4.78 is 17.5. The van der Waals surface area contributed by atoms with Crippen LogP contribution in [0.1, 0.15) is 55.1 Å². The molecule has 0 bridgehead atoms. The Morgan fingerprint density at radius 3 is 1.64 bits per heavy atom. The molecule has 1 N–H and O–H groups in total. The molecule has 0 aliphatic heterocycles. The highest BCUT2D eigenvalue weighted by Crippen LogP contribution is 2.47. The Hall–Kier alpha value is -5.76. The van der Waals surface area contributed by atoms with Gasteiger partial charge in [-0.05, 0) is 92.3 Å². The summed E-state index contributed by atoms with van der Waals surface area (Å²) in [5, 5.41) is 15.3. The van der Waals surface area contributed by atoms with E-state index in [1.54, 1.807) is 6.92 Å². The van der Waals surface area contributed by atoms with Crippen molar-refractivity contribution in [2.24, 2.45) is 11.1 Å². The molecule has 8 heteroatoms. The maximum Gasteiger partial charge on any atom is 0.356 e. The summed E-state index contributed by atoms with van der Waals surface area (Å²) in [4.78, 5) is 22.0. The lowest BCUT2D eigenvalue weighted by Crippen LogP contribution is -2.37. The molecule has 0 atom stereocenters. The minimum atomic E-state index is -0.558. The maximum atomic E-state index is 12.6. The fourth-order valence-electron chi connectivity index (χ4n) is 7.05. The molecule has 6 aromatic rings. The van der Waals surface area contributed by atoms with Gasteiger partial charge in [-0.3, -0.25) is 0 Å². The van der Waals surface area contributed by atoms with E-state index in [0.29, 0.717) is 26.1 Å². The summed E-state index contributed by atoms with van der Waals surface area (Å²) in [5.41, 5.74) is 5.69. The second kappa shape index (κ2) is 14.8. The molecule has 0 amide bonds. The van der Waals surface area contributed by atoms with Crippen molar-refractivity contribution in [1.82, 2.24) is 9.97 Å². The van der Waals surface area contributed by atoms with Crippen LogP contribution in [-0.4, -0.2) is 33.5 Å². The number of oxime groups is 1. The summed E-state index contributed by atoms with van der Waals surface area (Å²) in [7, 11) is 0. The van der Waals surface area contributed by atoms with Crippen LogP contribution in [0.15, 0.2) is 126 Å². The SMILES string of the molecule is CCOC(=O)C(=NO)C1CCC(c2ccc(OCc3ccc4ccccc4n3)cc2)(c2ccc(OCc3ccc4ccccc4n3)cc2)CC1. The van der Waals surface area contributed by atoms with Crippen LogP contribution >= 0.6 is 0 Å². The number of carbonyl (C=O) groups excluding carboxylic acids is 1. The van der Waals surface area contributed by atoms with Gasteiger partial charge in [0, 0.05) is 22.1 Å². The third kappa shape index (κ3) is 7.01. The van der Waals surface area contributed by atoms with E-state index in [2.05, 4.69) is 41.6 Å². The van der Waals surface area contributed by atoms with Gasteiger partial charge in [-0.1, -0.05) is 78.0 Å². The zero-order valence-corrected chi connectivity index (χ0v) is 28.0. The van der Waals surface area contributed by atoms with E-state index in [0.717, 1.165) is 68.7 Å². The standard InChI is InChI=1S/C42H39N3O5/c1-2-48-41(46)40(45-47)31-23-25-42(26-24-31,32-13-19-36(20-14-32)49-27-34-17-11-29-7-3-5-9-38(29)43-34)33-15-21-37(22-16-33)50-28-35-18-12-30-8-4-6-10-39(30)44-35/h3-22,31,47H,2,23-28H2,1H3. The highest BCUT2D eigenvalue weighted by molar-refractivity contribution is 6.37. The normalized spacial score (nSPS) is 14.8. The highest BCUT2D eigenvalue weighted by atomic mass is 16.5. The average Bonchev–Trinajstić information content (AvgIpc) is 3.17. The molecule has 1 aliphatic carbocycles. The fraction of sp³-hybridized carbons (Fsp3) is 0.238. The van der Waals surface area contributed by atoms with Crippen LogP contribution in [0, 0.1) is 5.92 Å². The molecule has 8 nitrogen and oxygen atoms in total. The van der Waals surface area contributed by atoms with Gasteiger partial charge in [0.25, 0.3) is 0 Å². The number of pyridine rings is 2. The Kier molecular flexibility index (Phi) is 9.69. The number of rotatable bonds is 11. The fourth-order valence-corrected chi connectivity index (χ4v) is 7.05. The van der Waals surface area contributed by atoms with Crippen LogP contribution in [0.5, 0.6) is 11.5 Å². The predicted octanol–water partition coefficient (Wildman–Crippen LogP) is 8.81. The van der Waals surface area contributed by atoms with Crippen LogP contribution in [0.25, 0.3) is 21.8 Å². The number of aromatic nitrogens is 2. The van der Waals surface area contributed by atoms with Gasteiger partial charge in [-0.15, -0.1) is 0 Å². The van der Waals surface area contributed by atoms with Gasteiger partial charge in [0.05, 0.1) is 29.0 Å². The number of carbonyl (C=O) groups is 1. The van der Waals surface area contributed by atoms with Crippen LogP contribution < -0.4 is 9.47 Å². The van der Waals surface area contributed by atoms with Crippen LogP contribution in [0.4, 0.5) is 0 Å². The van der Waals surface area contributed by atoms with E-state index in [1.165, 1.54) is 0 Å². The molecule has 1 fully saturated rings. The maximum absolute atomic E-state index is 12.6. The van der Waals surface area contributed by atoms with E-state index in [4.69, 9.17) is 24.2 Å². The molecule has 4 aromatic carbocycles. The molecule has 252 valence electrons. The third-order valence-corrected chi connectivity index (χ3v) is 9.72. The van der Waals surface area contributed by atoms with Crippen molar-refractivity contribution in [2.45, 2.75) is 51.2 Å². The number of hydrogen-bond donors (Lipinski definition) is 1. The molecule has 0 radical (unpaired) electrons. The summed E-state index contributed by atoms with van der Waals surface area (Å²) >= 11 is 0. The zero-order valence-electron chi connectivity index (χ0n) is 28.0. The molecule has 50 heavy (non-hydrogen) atoms. The first-order valence-electron chi connectivity index (χ1n) is 17.1. The first kappa shape index (κ1) is 32.8. The number of hydrogen-bond acceptors (Lipinski definition) is 8. The first-order valence-corrected chi connectivity index (χ1v) is 17.1. The molecule has 0 spiro atoms. The monoisotopic (exact) mass is 665 g/mol. The lowest BCUT2D eigenvalue weighted by molar-refractivity contribution is -0.135. The summed E-state index contributed by atoms with van der Waals surface area (Å²) in [6, 6.07) is 40.8. The Bertz CT molecular complexity index is 1990. The summed E-state index contributed by atoms with van der Waals surface area (Å²) in [6.07, 6.45) is 2.82. The van der Waals surface area contributed by atoms with Gasteiger partial charge < -0.3 is 19.4 Å². The Labute approximate surface area is 291 Å². The number of fused-ring (bicyclic) bond motifs is 2. The number of nitrogens with zero attached hydrogens (tertiary/aromatic N) is 3. The van der Waals surface area contributed by atoms with Crippen molar-refractivity contribution in [3.63, 3.8) is 0 Å². The van der Waals surface area contributed by atoms with Crippen LogP contribution in [0.3, 0.4) is 0 Å². The Morgan fingerprint density at radius 2 is 1.18 bits per heavy atom. The van der Waals surface area contributed by atoms with E-state index in [9.17, 15) is 10.0 Å². The van der Waals surface area contributed by atoms with E-state index in [1.807, 2.05) is 84.9 Å². The van der Waals surface area contributed by atoms with E-state index < -0.39 is 5.97 Å². The quantitative estimate of drug-likeness (QED) is 0.0639. The molecular formula is C42H39N3O5. The highest BCUT2D eigenvalue weighted by Gasteiger charge is 2.41. The van der Waals surface area contributed by atoms with E-state index in [-0.39, 0.29) is 23.7 Å². The largest absolute Gasteiger partial charge is 0.487 e. The van der Waals surface area contributed by atoms with Gasteiger partial charge in [0.2, 0.25) is 0 Å². The molecular weight excluding hydrogens is 626 g/mol. The Balaban J connectivity index is 1.10. The minimum Gasteiger partial charge on any atom is -0.487 e. The van der Waals surface area contributed by atoms with E-state index >= 15 is 0 Å². The van der Waals surface area contributed by atoms with Gasteiger partial charge >= 0.3 is 5.97 Å². The molecule has 0 unspecified atom stereocenters. The lowest BCUT2D eigenvalue weighted by Gasteiger charge is -2.41. The number of esters is 1. The van der Waals surface area contributed by atoms with Crippen LogP contribution in [0.2, 0.25) is 0 Å². The van der Waals surface area contributed by atoms with Gasteiger partial charge in [0.15, 0.2) is 5.71 Å². The van der Waals surface area contributed by atoms with Crippen molar-refractivity contribution < 1.29 is 24.2 Å². The summed E-state index contributed by atoms with van der Waals surface area (Å²) in [6.45, 7) is 2.70. The smallest absolute Gasteiger partial charge is 0.356 e. The minimum absolute atomic E-state index is 0.0949. The molecule has 1 saturated carbocycles. The second-order valence-corrected chi connectivity index (χ2v) is 12.7. The third-order valence-electron chi connectivity index (χ3n) is 9.72. The lowest BCUT2D eigenvalue weighted by atomic mass is 9.62. The van der Waals surface area contributed by atoms with Crippen molar-refractivity contribution in [2.75, 3.05) is 6.61 Å². The molecule has 0 saturated heterocycles. The molecule has 2 heterocycles. The van der Waals surface area contributed by atoms with Crippen molar-refractivity contribution in [1.29, 1.82) is 0 Å².